The summed E-state index contributed by atoms with van der Waals surface area (Å²) in [6.07, 6.45) is 5.54. The molecule has 0 atom stereocenters. The van der Waals surface area contributed by atoms with E-state index in [1.807, 2.05) is 0 Å². The van der Waals surface area contributed by atoms with E-state index in [0.717, 1.165) is 0 Å². The van der Waals surface area contributed by atoms with Gasteiger partial charge in [0.15, 0.2) is 0 Å². The van der Waals surface area contributed by atoms with Crippen LogP contribution in [-0.2, 0) is 0 Å². The summed E-state index contributed by atoms with van der Waals surface area (Å²) in [6, 6.07) is 5.75. The number of nitrogens with one attached hydrogen (secondary N) is 1. The zero-order chi connectivity index (χ0) is 14.4. The number of hydrazone groups is 1. The number of nitrogens with zero attached hydrogens (tertiary/aromatic N) is 4. The lowest BCUT2D eigenvalue weighted by molar-refractivity contribution is -0.384. The molecule has 8 nitrogen and oxygen atoms in total. The number of amides is 1. The highest BCUT2D eigenvalue weighted by Crippen LogP contribution is 2.10. The Hall–Kier alpha value is -3.16. The van der Waals surface area contributed by atoms with Crippen LogP contribution in [0.25, 0.3) is 0 Å². The number of nitro groups is 1. The lowest BCUT2D eigenvalue weighted by atomic mass is 10.2. The number of rotatable bonds is 4. The fraction of sp³-hybridized carbons (Fsp3) is 0. The molecule has 1 aromatic carbocycles. The molecule has 0 aliphatic heterocycles. The molecule has 20 heavy (non-hydrogen) atoms. The Morgan fingerprint density at radius 1 is 1.30 bits per heavy atom. The highest BCUT2D eigenvalue weighted by atomic mass is 16.6. The molecule has 0 fully saturated rings. The highest BCUT2D eigenvalue weighted by molar-refractivity contribution is 5.92. The normalized spacial score (nSPS) is 10.4. The Labute approximate surface area is 113 Å². The van der Waals surface area contributed by atoms with Gasteiger partial charge in [-0.15, -0.1) is 0 Å². The van der Waals surface area contributed by atoms with Crippen molar-refractivity contribution in [1.29, 1.82) is 0 Å². The molecule has 0 aliphatic carbocycles. The monoisotopic (exact) mass is 271 g/mol. The van der Waals surface area contributed by atoms with E-state index in [1.165, 1.54) is 49.1 Å². The van der Waals surface area contributed by atoms with Crippen molar-refractivity contribution in [1.82, 2.24) is 15.4 Å². The van der Waals surface area contributed by atoms with E-state index in [1.54, 1.807) is 0 Å². The predicted octanol–water partition coefficient (Wildman–Crippen LogP) is 1.15. The van der Waals surface area contributed by atoms with Crippen molar-refractivity contribution in [3.05, 3.63) is 64.2 Å². The Morgan fingerprint density at radius 2 is 2.05 bits per heavy atom. The van der Waals surface area contributed by atoms with Crippen molar-refractivity contribution in [3.63, 3.8) is 0 Å². The number of carbonyl (C=O) groups excluding carboxylic acids is 1. The maximum Gasteiger partial charge on any atom is 0.291 e. The number of hydrogen-bond acceptors (Lipinski definition) is 6. The SMILES string of the molecule is O=C(N/N=C\c1ccc([N+](=O)[O-])cc1)c1cnccn1. The van der Waals surface area contributed by atoms with E-state index in [0.29, 0.717) is 5.56 Å². The zero-order valence-corrected chi connectivity index (χ0v) is 10.1. The van der Waals surface area contributed by atoms with Gasteiger partial charge in [-0.05, 0) is 17.7 Å². The Kier molecular flexibility index (Phi) is 4.07. The van der Waals surface area contributed by atoms with Crippen molar-refractivity contribution in [2.24, 2.45) is 5.10 Å². The molecule has 1 aromatic heterocycles. The third-order valence-electron chi connectivity index (χ3n) is 2.28. The number of carbonyl (C=O) groups is 1. The molecule has 100 valence electrons. The summed E-state index contributed by atoms with van der Waals surface area (Å²) in [7, 11) is 0. The van der Waals surface area contributed by atoms with Crippen molar-refractivity contribution in [2.75, 3.05) is 0 Å². The minimum Gasteiger partial charge on any atom is -0.265 e. The van der Waals surface area contributed by atoms with Crippen molar-refractivity contribution < 1.29 is 9.72 Å². The lowest BCUT2D eigenvalue weighted by Gasteiger charge is -1.97. The molecule has 0 spiro atoms. The summed E-state index contributed by atoms with van der Waals surface area (Å²) in [5.74, 6) is -0.490. The molecule has 2 aromatic rings. The molecule has 8 heteroatoms. The van der Waals surface area contributed by atoms with Crippen LogP contribution in [0, 0.1) is 10.1 Å². The Bertz CT molecular complexity index is 640. The van der Waals surface area contributed by atoms with E-state index >= 15 is 0 Å². The van der Waals surface area contributed by atoms with Gasteiger partial charge in [0, 0.05) is 24.5 Å². The van der Waals surface area contributed by atoms with E-state index in [-0.39, 0.29) is 11.4 Å². The van der Waals surface area contributed by atoms with E-state index < -0.39 is 10.8 Å². The molecule has 1 heterocycles. The molecule has 0 bridgehead atoms. The first-order valence-electron chi connectivity index (χ1n) is 5.50. The average molecular weight is 271 g/mol. The third-order valence-corrected chi connectivity index (χ3v) is 2.28. The molecule has 2 rings (SSSR count). The van der Waals surface area contributed by atoms with Crippen LogP contribution in [0.3, 0.4) is 0 Å². The van der Waals surface area contributed by atoms with Gasteiger partial charge >= 0.3 is 0 Å². The second kappa shape index (κ2) is 6.14. The summed E-state index contributed by atoms with van der Waals surface area (Å²) in [5.41, 5.74) is 3.04. The molecule has 1 amide bonds. The van der Waals surface area contributed by atoms with Crippen molar-refractivity contribution in [2.45, 2.75) is 0 Å². The Balaban J connectivity index is 1.96. The van der Waals surface area contributed by atoms with Gasteiger partial charge in [-0.1, -0.05) is 0 Å². The van der Waals surface area contributed by atoms with E-state index in [2.05, 4.69) is 20.5 Å². The third kappa shape index (κ3) is 3.42. The Morgan fingerprint density at radius 3 is 2.65 bits per heavy atom. The molecule has 1 N–H and O–H groups in total. The van der Waals surface area contributed by atoms with Gasteiger partial charge in [0.25, 0.3) is 11.6 Å². The van der Waals surface area contributed by atoms with Crippen molar-refractivity contribution >= 4 is 17.8 Å². The molecular formula is C12H9N5O3. The summed E-state index contributed by atoms with van der Waals surface area (Å²) in [6.45, 7) is 0. The smallest absolute Gasteiger partial charge is 0.265 e. The van der Waals surface area contributed by atoms with Crippen LogP contribution in [0.5, 0.6) is 0 Å². The van der Waals surface area contributed by atoms with Crippen LogP contribution in [0.15, 0.2) is 48.0 Å². The largest absolute Gasteiger partial charge is 0.291 e. The highest BCUT2D eigenvalue weighted by Gasteiger charge is 2.05. The number of aromatic nitrogens is 2. The van der Waals surface area contributed by atoms with Gasteiger partial charge in [0.1, 0.15) is 5.69 Å². The maximum atomic E-state index is 11.6. The first kappa shape index (κ1) is 13.3. The van der Waals surface area contributed by atoms with Crippen LogP contribution in [-0.4, -0.2) is 27.0 Å². The molecule has 0 aliphatic rings. The van der Waals surface area contributed by atoms with Gasteiger partial charge in [0.2, 0.25) is 0 Å². The fourth-order valence-electron chi connectivity index (χ4n) is 1.32. The van der Waals surface area contributed by atoms with Crippen molar-refractivity contribution in [3.8, 4) is 0 Å². The predicted molar refractivity (Wildman–Crippen MR) is 70.2 cm³/mol. The van der Waals surface area contributed by atoms with Gasteiger partial charge in [0.05, 0.1) is 17.3 Å². The summed E-state index contributed by atoms with van der Waals surface area (Å²) >= 11 is 0. The summed E-state index contributed by atoms with van der Waals surface area (Å²) in [5, 5.41) is 14.2. The van der Waals surface area contributed by atoms with Crippen LogP contribution in [0.4, 0.5) is 5.69 Å². The minimum atomic E-state index is -0.490. The van der Waals surface area contributed by atoms with Gasteiger partial charge in [-0.2, -0.15) is 5.10 Å². The second-order valence-electron chi connectivity index (χ2n) is 3.64. The average Bonchev–Trinajstić information content (AvgIpc) is 2.48. The summed E-state index contributed by atoms with van der Waals surface area (Å²) < 4.78 is 0. The van der Waals surface area contributed by atoms with Gasteiger partial charge in [-0.3, -0.25) is 19.9 Å². The van der Waals surface area contributed by atoms with Gasteiger partial charge in [-0.25, -0.2) is 10.4 Å². The maximum absolute atomic E-state index is 11.6. The first-order valence-corrected chi connectivity index (χ1v) is 5.50. The second-order valence-corrected chi connectivity index (χ2v) is 3.64. The van der Waals surface area contributed by atoms with E-state index in [4.69, 9.17) is 0 Å². The first-order chi connectivity index (χ1) is 9.66. The topological polar surface area (TPSA) is 110 Å². The van der Waals surface area contributed by atoms with Crippen LogP contribution < -0.4 is 5.43 Å². The zero-order valence-electron chi connectivity index (χ0n) is 10.1. The van der Waals surface area contributed by atoms with Crippen LogP contribution in [0.2, 0.25) is 0 Å². The molecule has 0 saturated heterocycles. The van der Waals surface area contributed by atoms with E-state index in [9.17, 15) is 14.9 Å². The molecule has 0 radical (unpaired) electrons. The minimum absolute atomic E-state index is 0.00857. The number of nitro benzene ring substituents is 1. The molecule has 0 unspecified atom stereocenters. The molecular weight excluding hydrogens is 262 g/mol. The number of hydrogen-bond donors (Lipinski definition) is 1. The van der Waals surface area contributed by atoms with Crippen LogP contribution in [0.1, 0.15) is 16.1 Å². The molecule has 0 saturated carbocycles. The number of non-ortho nitro benzene ring substituents is 1. The summed E-state index contributed by atoms with van der Waals surface area (Å²) in [4.78, 5) is 29.1. The fourth-order valence-corrected chi connectivity index (χ4v) is 1.32. The van der Waals surface area contributed by atoms with Gasteiger partial charge < -0.3 is 0 Å². The quantitative estimate of drug-likeness (QED) is 0.509. The van der Waals surface area contributed by atoms with Crippen LogP contribution >= 0.6 is 0 Å². The lowest BCUT2D eigenvalue weighted by Crippen LogP contribution is -2.19. The number of benzene rings is 1. The standard InChI is InChI=1S/C12H9N5O3/c18-12(11-8-13-5-6-14-11)16-15-7-9-1-3-10(4-2-9)17(19)20/h1-8H,(H,16,18)/b15-7-.